The Morgan fingerprint density at radius 3 is 2.29 bits per heavy atom. The summed E-state index contributed by atoms with van der Waals surface area (Å²) in [4.78, 5) is 14.1. The lowest BCUT2D eigenvalue weighted by Crippen LogP contribution is -2.44. The second kappa shape index (κ2) is 4.52. The van der Waals surface area contributed by atoms with Gasteiger partial charge in [-0.05, 0) is 24.7 Å². The third-order valence-electron chi connectivity index (χ3n) is 3.98. The number of hydrogen-bond donors (Lipinski definition) is 1. The van der Waals surface area contributed by atoms with E-state index in [4.69, 9.17) is 11.8 Å². The number of amides is 1. The molecule has 82 valence electrons. The van der Waals surface area contributed by atoms with Crippen LogP contribution in [0.1, 0.15) is 46.5 Å². The molecule has 1 saturated carbocycles. The van der Waals surface area contributed by atoms with Crippen molar-refractivity contribution in [3.8, 4) is 0 Å². The Bertz CT molecular complexity index is 211. The molecule has 2 nitrogen and oxygen atoms in total. The highest BCUT2D eigenvalue weighted by molar-refractivity contribution is 6.22. The van der Waals surface area contributed by atoms with E-state index < -0.39 is 0 Å². The van der Waals surface area contributed by atoms with Crippen molar-refractivity contribution in [2.75, 3.05) is 0 Å². The number of nitrogens with one attached hydrogen (secondary N) is 1. The molecule has 0 saturated heterocycles. The average Bonchev–Trinajstić information content (AvgIpc) is 2.68. The van der Waals surface area contributed by atoms with Gasteiger partial charge in [0.2, 0.25) is 5.91 Å². The SMILES string of the molecule is CC(C)C(C)(C(=O)NCl)C1CCCC1. The van der Waals surface area contributed by atoms with Gasteiger partial charge in [0.05, 0.1) is 5.41 Å². The van der Waals surface area contributed by atoms with Crippen LogP contribution in [0.5, 0.6) is 0 Å². The number of carbonyl (C=O) groups excluding carboxylic acids is 1. The molecule has 1 aliphatic rings. The molecule has 0 aromatic heterocycles. The minimum atomic E-state index is -0.293. The molecule has 0 aliphatic heterocycles. The quantitative estimate of drug-likeness (QED) is 0.724. The lowest BCUT2D eigenvalue weighted by Gasteiger charge is -2.37. The molecule has 0 radical (unpaired) electrons. The summed E-state index contributed by atoms with van der Waals surface area (Å²) in [6.07, 6.45) is 4.84. The molecule has 1 rings (SSSR count). The molecule has 0 spiro atoms. The van der Waals surface area contributed by atoms with Crippen LogP contribution in [-0.4, -0.2) is 5.91 Å². The molecule has 1 unspecified atom stereocenters. The van der Waals surface area contributed by atoms with E-state index in [1.165, 1.54) is 25.7 Å². The van der Waals surface area contributed by atoms with Crippen molar-refractivity contribution in [2.45, 2.75) is 46.5 Å². The van der Waals surface area contributed by atoms with Crippen LogP contribution in [0, 0.1) is 17.3 Å². The molecule has 0 bridgehead atoms. The summed E-state index contributed by atoms with van der Waals surface area (Å²) in [6, 6.07) is 0. The fraction of sp³-hybridized carbons (Fsp3) is 0.909. The van der Waals surface area contributed by atoms with Gasteiger partial charge in [0.1, 0.15) is 0 Å². The first kappa shape index (κ1) is 11.8. The summed E-state index contributed by atoms with van der Waals surface area (Å²) in [7, 11) is 0. The molecule has 1 N–H and O–H groups in total. The molecule has 14 heavy (non-hydrogen) atoms. The number of halogens is 1. The highest BCUT2D eigenvalue weighted by Crippen LogP contribution is 2.44. The van der Waals surface area contributed by atoms with Crippen LogP contribution in [0.25, 0.3) is 0 Å². The summed E-state index contributed by atoms with van der Waals surface area (Å²) >= 11 is 5.46. The fourth-order valence-electron chi connectivity index (χ4n) is 2.55. The molecule has 3 heteroatoms. The maximum Gasteiger partial charge on any atom is 0.240 e. The molecule has 1 atom stereocenters. The van der Waals surface area contributed by atoms with E-state index in [0.29, 0.717) is 11.8 Å². The Kier molecular flexibility index (Phi) is 3.82. The van der Waals surface area contributed by atoms with Gasteiger partial charge in [-0.3, -0.25) is 9.63 Å². The largest absolute Gasteiger partial charge is 0.273 e. The van der Waals surface area contributed by atoms with E-state index in [1.807, 2.05) is 6.92 Å². The number of hydrogen-bond acceptors (Lipinski definition) is 1. The summed E-state index contributed by atoms with van der Waals surface area (Å²) in [5.74, 6) is 0.826. The van der Waals surface area contributed by atoms with Gasteiger partial charge in [0.15, 0.2) is 0 Å². The van der Waals surface area contributed by atoms with Gasteiger partial charge in [-0.2, -0.15) is 0 Å². The van der Waals surface area contributed by atoms with E-state index >= 15 is 0 Å². The Morgan fingerprint density at radius 2 is 1.93 bits per heavy atom. The summed E-state index contributed by atoms with van der Waals surface area (Å²) in [5, 5.41) is 0. The van der Waals surface area contributed by atoms with Crippen molar-refractivity contribution in [2.24, 2.45) is 17.3 Å². The van der Waals surface area contributed by atoms with Crippen molar-refractivity contribution in [3.63, 3.8) is 0 Å². The molecule has 0 aromatic carbocycles. The zero-order valence-corrected chi connectivity index (χ0v) is 10.0. The Hall–Kier alpha value is -0.240. The van der Waals surface area contributed by atoms with E-state index in [1.54, 1.807) is 0 Å². The van der Waals surface area contributed by atoms with E-state index in [0.717, 1.165) is 0 Å². The molecule has 1 fully saturated rings. The maximum absolute atomic E-state index is 11.8. The minimum Gasteiger partial charge on any atom is -0.273 e. The van der Waals surface area contributed by atoms with Gasteiger partial charge in [-0.25, -0.2) is 0 Å². The van der Waals surface area contributed by atoms with Crippen molar-refractivity contribution in [1.82, 2.24) is 4.84 Å². The summed E-state index contributed by atoms with van der Waals surface area (Å²) in [6.45, 7) is 6.25. The highest BCUT2D eigenvalue weighted by atomic mass is 35.5. The van der Waals surface area contributed by atoms with E-state index in [2.05, 4.69) is 18.7 Å². The highest BCUT2D eigenvalue weighted by Gasteiger charge is 2.44. The van der Waals surface area contributed by atoms with Gasteiger partial charge in [-0.15, -0.1) is 0 Å². The minimum absolute atomic E-state index is 0.0129. The standard InChI is InChI=1S/C11H20ClNO/c1-8(2)11(3,10(14)13-12)9-6-4-5-7-9/h8-9H,4-7H2,1-3H3,(H,13,14). The lowest BCUT2D eigenvalue weighted by atomic mass is 9.68. The second-order valence-electron chi connectivity index (χ2n) is 4.84. The van der Waals surface area contributed by atoms with Crippen LogP contribution < -0.4 is 4.84 Å². The lowest BCUT2D eigenvalue weighted by molar-refractivity contribution is -0.134. The number of carbonyl (C=O) groups is 1. The predicted octanol–water partition coefficient (Wildman–Crippen LogP) is 3.11. The molecule has 1 aliphatic carbocycles. The molecule has 1 amide bonds. The Balaban J connectivity index is 2.85. The van der Waals surface area contributed by atoms with Crippen LogP contribution in [0.3, 0.4) is 0 Å². The fourth-order valence-corrected chi connectivity index (χ4v) is 2.75. The van der Waals surface area contributed by atoms with Gasteiger partial charge in [0, 0.05) is 11.8 Å². The smallest absolute Gasteiger partial charge is 0.240 e. The van der Waals surface area contributed by atoms with Crippen LogP contribution >= 0.6 is 11.8 Å². The molecular weight excluding hydrogens is 198 g/mol. The third-order valence-corrected chi connectivity index (χ3v) is 4.15. The first-order valence-corrected chi connectivity index (χ1v) is 5.82. The van der Waals surface area contributed by atoms with E-state index in [-0.39, 0.29) is 11.3 Å². The maximum atomic E-state index is 11.8. The first-order chi connectivity index (χ1) is 6.53. The normalized spacial score (nSPS) is 22.4. The molecule has 0 heterocycles. The monoisotopic (exact) mass is 217 g/mol. The van der Waals surface area contributed by atoms with Crippen molar-refractivity contribution in [3.05, 3.63) is 0 Å². The van der Waals surface area contributed by atoms with Crippen LogP contribution in [0.2, 0.25) is 0 Å². The van der Waals surface area contributed by atoms with Gasteiger partial charge in [0.25, 0.3) is 0 Å². The second-order valence-corrected chi connectivity index (χ2v) is 5.03. The zero-order chi connectivity index (χ0) is 10.8. The van der Waals surface area contributed by atoms with Crippen molar-refractivity contribution in [1.29, 1.82) is 0 Å². The van der Waals surface area contributed by atoms with Gasteiger partial charge >= 0.3 is 0 Å². The van der Waals surface area contributed by atoms with E-state index in [9.17, 15) is 4.79 Å². The third kappa shape index (κ3) is 1.90. The molecule has 0 aromatic rings. The van der Waals surface area contributed by atoms with Gasteiger partial charge < -0.3 is 0 Å². The summed E-state index contributed by atoms with van der Waals surface area (Å²) in [5.41, 5.74) is -0.293. The average molecular weight is 218 g/mol. The van der Waals surface area contributed by atoms with Gasteiger partial charge in [-0.1, -0.05) is 33.6 Å². The predicted molar refractivity (Wildman–Crippen MR) is 58.9 cm³/mol. The topological polar surface area (TPSA) is 29.1 Å². The Morgan fingerprint density at radius 1 is 1.43 bits per heavy atom. The van der Waals surface area contributed by atoms with Crippen molar-refractivity contribution < 1.29 is 4.79 Å². The van der Waals surface area contributed by atoms with Crippen LogP contribution in [0.4, 0.5) is 0 Å². The first-order valence-electron chi connectivity index (χ1n) is 5.44. The Labute approximate surface area is 91.5 Å². The zero-order valence-electron chi connectivity index (χ0n) is 9.27. The van der Waals surface area contributed by atoms with Crippen LogP contribution in [0.15, 0.2) is 0 Å². The number of rotatable bonds is 3. The van der Waals surface area contributed by atoms with Crippen LogP contribution in [-0.2, 0) is 4.79 Å². The molecular formula is C11H20ClNO. The van der Waals surface area contributed by atoms with Crippen molar-refractivity contribution >= 4 is 17.7 Å². The summed E-state index contributed by atoms with van der Waals surface area (Å²) < 4.78 is 0.